The Kier molecular flexibility index (Phi) is 4.29. The Balaban J connectivity index is 2.20. The molecule has 1 heterocycles. The summed E-state index contributed by atoms with van der Waals surface area (Å²) in [6.45, 7) is 0. The molecule has 2 N–H and O–H groups in total. The van der Waals surface area contributed by atoms with Gasteiger partial charge in [-0.25, -0.2) is 14.4 Å². The van der Waals surface area contributed by atoms with Gasteiger partial charge in [-0.2, -0.15) is 0 Å². The number of benzene rings is 1. The minimum absolute atomic E-state index is 0.0879. The summed E-state index contributed by atoms with van der Waals surface area (Å²) in [4.78, 5) is 7.96. The monoisotopic (exact) mass is 281 g/mol. The van der Waals surface area contributed by atoms with Gasteiger partial charge in [-0.1, -0.05) is 23.7 Å². The third-order valence-electron chi connectivity index (χ3n) is 2.72. The summed E-state index contributed by atoms with van der Waals surface area (Å²) < 4.78 is 18.8. The maximum absolute atomic E-state index is 13.8. The van der Waals surface area contributed by atoms with E-state index in [1.165, 1.54) is 19.5 Å². The van der Waals surface area contributed by atoms with E-state index < -0.39 is 11.9 Å². The molecule has 0 fully saturated rings. The van der Waals surface area contributed by atoms with Gasteiger partial charge in [-0.05, 0) is 18.1 Å². The summed E-state index contributed by atoms with van der Waals surface area (Å²) in [5.41, 5.74) is 7.06. The highest BCUT2D eigenvalue weighted by molar-refractivity contribution is 6.30. The molecule has 6 heteroatoms. The predicted molar refractivity (Wildman–Crippen MR) is 70.6 cm³/mol. The molecular formula is C13H13ClFN3O. The third-order valence-corrected chi connectivity index (χ3v) is 3.02. The second kappa shape index (κ2) is 5.95. The van der Waals surface area contributed by atoms with Crippen LogP contribution in [0.3, 0.4) is 0 Å². The Hall–Kier alpha value is -1.72. The van der Waals surface area contributed by atoms with Gasteiger partial charge < -0.3 is 10.5 Å². The molecule has 1 aromatic carbocycles. The minimum Gasteiger partial charge on any atom is -0.481 e. The summed E-state index contributed by atoms with van der Waals surface area (Å²) in [6, 6.07) is 6.02. The summed E-state index contributed by atoms with van der Waals surface area (Å²) in [7, 11) is 1.51. The van der Waals surface area contributed by atoms with Crippen LogP contribution in [0.4, 0.5) is 4.39 Å². The van der Waals surface area contributed by atoms with Crippen molar-refractivity contribution in [2.24, 2.45) is 5.73 Å². The Morgan fingerprint density at radius 3 is 2.95 bits per heavy atom. The van der Waals surface area contributed by atoms with E-state index in [9.17, 15) is 4.39 Å². The van der Waals surface area contributed by atoms with E-state index >= 15 is 0 Å². The maximum Gasteiger partial charge on any atom is 0.216 e. The Labute approximate surface area is 115 Å². The largest absolute Gasteiger partial charge is 0.481 e. The zero-order valence-electron chi connectivity index (χ0n) is 10.3. The Morgan fingerprint density at radius 1 is 1.42 bits per heavy atom. The highest BCUT2D eigenvalue weighted by atomic mass is 35.5. The number of halogens is 2. The van der Waals surface area contributed by atoms with Gasteiger partial charge in [-0.15, -0.1) is 0 Å². The van der Waals surface area contributed by atoms with E-state index in [4.69, 9.17) is 22.1 Å². The second-order valence-corrected chi connectivity index (χ2v) is 4.42. The van der Waals surface area contributed by atoms with Gasteiger partial charge in [0.25, 0.3) is 0 Å². The average Bonchev–Trinajstić information content (AvgIpc) is 2.44. The van der Waals surface area contributed by atoms with Gasteiger partial charge in [0.1, 0.15) is 12.1 Å². The van der Waals surface area contributed by atoms with E-state index in [1.54, 1.807) is 18.2 Å². The van der Waals surface area contributed by atoms with Gasteiger partial charge in [0.05, 0.1) is 23.9 Å². The summed E-state index contributed by atoms with van der Waals surface area (Å²) in [5.74, 6) is -0.0207. The van der Waals surface area contributed by atoms with Crippen molar-refractivity contribution in [2.45, 2.75) is 12.5 Å². The zero-order chi connectivity index (χ0) is 13.8. The van der Waals surface area contributed by atoms with Crippen molar-refractivity contribution in [2.75, 3.05) is 7.11 Å². The molecule has 2 aromatic rings. The molecule has 0 saturated carbocycles. The lowest BCUT2D eigenvalue weighted by molar-refractivity contribution is 0.395. The second-order valence-electron chi connectivity index (χ2n) is 4.01. The van der Waals surface area contributed by atoms with Crippen LogP contribution in [0, 0.1) is 5.82 Å². The third kappa shape index (κ3) is 3.19. The number of methoxy groups -OCH3 is 1. The molecule has 0 spiro atoms. The van der Waals surface area contributed by atoms with E-state index in [1.807, 2.05) is 0 Å². The first-order chi connectivity index (χ1) is 9.11. The minimum atomic E-state index is -0.454. The first-order valence-electron chi connectivity index (χ1n) is 5.66. The lowest BCUT2D eigenvalue weighted by atomic mass is 10.0. The molecule has 0 aliphatic carbocycles. The van der Waals surface area contributed by atoms with Crippen LogP contribution in [0.1, 0.15) is 17.3 Å². The van der Waals surface area contributed by atoms with Gasteiger partial charge in [0.2, 0.25) is 5.88 Å². The fourth-order valence-electron chi connectivity index (χ4n) is 1.72. The zero-order valence-corrected chi connectivity index (χ0v) is 11.1. The standard InChI is InChI=1S/C13H13ClFN3O/c1-19-12-6-11(17-7-18-12)10(16)5-8-3-2-4-9(14)13(8)15/h2-4,6-7,10H,5,16H2,1H3. The molecule has 0 aliphatic heterocycles. The van der Waals surface area contributed by atoms with Crippen LogP contribution < -0.4 is 10.5 Å². The Morgan fingerprint density at radius 2 is 2.21 bits per heavy atom. The van der Waals surface area contributed by atoms with Gasteiger partial charge in [-0.3, -0.25) is 0 Å². The molecule has 0 aliphatic rings. The molecule has 0 bridgehead atoms. The molecule has 4 nitrogen and oxygen atoms in total. The molecule has 0 radical (unpaired) electrons. The van der Waals surface area contributed by atoms with Crippen molar-refractivity contribution in [3.63, 3.8) is 0 Å². The number of ether oxygens (including phenoxy) is 1. The SMILES string of the molecule is COc1cc(C(N)Cc2cccc(Cl)c2F)ncn1. The van der Waals surface area contributed by atoms with E-state index in [2.05, 4.69) is 9.97 Å². The summed E-state index contributed by atoms with van der Waals surface area (Å²) in [6.07, 6.45) is 1.66. The van der Waals surface area contributed by atoms with Crippen molar-refractivity contribution < 1.29 is 9.13 Å². The molecule has 0 amide bonds. The normalized spacial score (nSPS) is 12.2. The van der Waals surface area contributed by atoms with Crippen LogP contribution >= 0.6 is 11.6 Å². The van der Waals surface area contributed by atoms with Crippen LogP contribution in [-0.4, -0.2) is 17.1 Å². The predicted octanol–water partition coefficient (Wildman–Crippen LogP) is 2.52. The fourth-order valence-corrected chi connectivity index (χ4v) is 1.91. The van der Waals surface area contributed by atoms with Crippen molar-refractivity contribution in [3.8, 4) is 5.88 Å². The lowest BCUT2D eigenvalue weighted by Gasteiger charge is -2.12. The molecule has 1 atom stereocenters. The van der Waals surface area contributed by atoms with E-state index in [0.29, 0.717) is 23.6 Å². The number of hydrogen-bond donors (Lipinski definition) is 1. The first kappa shape index (κ1) is 13.7. The van der Waals surface area contributed by atoms with Crippen molar-refractivity contribution >= 4 is 11.6 Å². The topological polar surface area (TPSA) is 61.0 Å². The average molecular weight is 282 g/mol. The summed E-state index contributed by atoms with van der Waals surface area (Å²) in [5, 5.41) is 0.0879. The molecule has 1 unspecified atom stereocenters. The number of aromatic nitrogens is 2. The molecule has 19 heavy (non-hydrogen) atoms. The molecule has 100 valence electrons. The van der Waals surface area contributed by atoms with Crippen LogP contribution in [-0.2, 0) is 6.42 Å². The van der Waals surface area contributed by atoms with Gasteiger partial charge >= 0.3 is 0 Å². The van der Waals surface area contributed by atoms with Crippen molar-refractivity contribution in [1.29, 1.82) is 0 Å². The smallest absolute Gasteiger partial charge is 0.216 e. The van der Waals surface area contributed by atoms with Crippen molar-refractivity contribution in [1.82, 2.24) is 9.97 Å². The quantitative estimate of drug-likeness (QED) is 0.935. The van der Waals surface area contributed by atoms with E-state index in [-0.39, 0.29) is 5.02 Å². The van der Waals surface area contributed by atoms with Crippen LogP contribution in [0.15, 0.2) is 30.6 Å². The maximum atomic E-state index is 13.8. The summed E-state index contributed by atoms with van der Waals surface area (Å²) >= 11 is 5.73. The fraction of sp³-hybridized carbons (Fsp3) is 0.231. The van der Waals surface area contributed by atoms with E-state index in [0.717, 1.165) is 0 Å². The first-order valence-corrected chi connectivity index (χ1v) is 6.04. The molecule has 1 aromatic heterocycles. The van der Waals surface area contributed by atoms with Crippen LogP contribution in [0.2, 0.25) is 5.02 Å². The number of nitrogens with two attached hydrogens (primary N) is 1. The van der Waals surface area contributed by atoms with Crippen LogP contribution in [0.25, 0.3) is 0 Å². The van der Waals surface area contributed by atoms with Crippen LogP contribution in [0.5, 0.6) is 5.88 Å². The lowest BCUT2D eigenvalue weighted by Crippen LogP contribution is -2.16. The molecule has 0 saturated heterocycles. The van der Waals surface area contributed by atoms with Gasteiger partial charge in [0, 0.05) is 6.07 Å². The molecule has 2 rings (SSSR count). The Bertz CT molecular complexity index is 580. The van der Waals surface area contributed by atoms with Gasteiger partial charge in [0.15, 0.2) is 0 Å². The highest BCUT2D eigenvalue weighted by Gasteiger charge is 2.14. The highest BCUT2D eigenvalue weighted by Crippen LogP contribution is 2.22. The number of nitrogens with zero attached hydrogens (tertiary/aromatic N) is 2. The van der Waals surface area contributed by atoms with Crippen molar-refractivity contribution in [3.05, 3.63) is 52.7 Å². The molecular weight excluding hydrogens is 269 g/mol. The number of hydrogen-bond acceptors (Lipinski definition) is 4. The number of rotatable bonds is 4.